The number of benzene rings is 3. The van der Waals surface area contributed by atoms with Crippen molar-refractivity contribution < 1.29 is 28.5 Å². The Labute approximate surface area is 251 Å². The zero-order valence-corrected chi connectivity index (χ0v) is 24.9. The van der Waals surface area contributed by atoms with Crippen molar-refractivity contribution in [1.82, 2.24) is 9.55 Å². The molecule has 1 aromatic heterocycles. The number of fused-ring (bicyclic) bond motifs is 1. The average molecular weight is 593 g/mol. The molecule has 1 aliphatic rings. The second-order valence-electron chi connectivity index (χ2n) is 10.3. The van der Waals surface area contributed by atoms with Gasteiger partial charge in [0, 0.05) is 49.9 Å². The van der Waals surface area contributed by atoms with Gasteiger partial charge in [-0.2, -0.15) is 0 Å². The van der Waals surface area contributed by atoms with Gasteiger partial charge in [-0.25, -0.2) is 4.98 Å². The Morgan fingerprint density at radius 3 is 2.57 bits per heavy atom. The van der Waals surface area contributed by atoms with Crippen molar-refractivity contribution in [2.75, 3.05) is 26.4 Å². The number of aryl methyl sites for hydroxylation is 2. The van der Waals surface area contributed by atoms with E-state index >= 15 is 0 Å². The van der Waals surface area contributed by atoms with Crippen LogP contribution in [0.5, 0.6) is 17.2 Å². The SMILES string of the molecule is CCOC(=O)CCc1ccc(OCCc2nc3ccc(OC4CCOCC4)cc3n2C)cc1OCc1ccc(Cl)cc1. The van der Waals surface area contributed by atoms with Gasteiger partial charge < -0.3 is 28.3 Å². The molecule has 1 fully saturated rings. The first kappa shape index (κ1) is 29.7. The van der Waals surface area contributed by atoms with E-state index in [1.165, 1.54) is 0 Å². The molecule has 0 amide bonds. The number of imidazole rings is 1. The van der Waals surface area contributed by atoms with Crippen LogP contribution in [0.25, 0.3) is 11.0 Å². The third-order valence-corrected chi connectivity index (χ3v) is 7.51. The molecule has 8 nitrogen and oxygen atoms in total. The van der Waals surface area contributed by atoms with Crippen molar-refractivity contribution in [2.24, 2.45) is 7.05 Å². The second kappa shape index (κ2) is 14.4. The molecule has 3 aromatic carbocycles. The quantitative estimate of drug-likeness (QED) is 0.164. The van der Waals surface area contributed by atoms with Crippen LogP contribution in [0.1, 0.15) is 43.1 Å². The highest BCUT2D eigenvalue weighted by atomic mass is 35.5. The zero-order valence-electron chi connectivity index (χ0n) is 24.1. The highest BCUT2D eigenvalue weighted by Gasteiger charge is 2.17. The standard InChI is InChI=1S/C33H37ClN2O6/c1-3-39-33(37)13-7-24-6-10-27(21-31(24)41-22-23-4-8-25(34)9-5-23)40-19-16-32-35-29-12-11-28(20-30(29)36(32)2)42-26-14-17-38-18-15-26/h4-6,8-12,20-21,26H,3,7,13-19,22H2,1-2H3. The summed E-state index contributed by atoms with van der Waals surface area (Å²) < 4.78 is 31.1. The molecule has 9 heteroatoms. The maximum absolute atomic E-state index is 12.0. The van der Waals surface area contributed by atoms with Gasteiger partial charge in [0.25, 0.3) is 0 Å². The van der Waals surface area contributed by atoms with Crippen molar-refractivity contribution in [2.45, 2.75) is 51.7 Å². The van der Waals surface area contributed by atoms with Crippen molar-refractivity contribution in [3.63, 3.8) is 0 Å². The molecule has 0 bridgehead atoms. The number of hydrogen-bond donors (Lipinski definition) is 0. The number of rotatable bonds is 13. The fourth-order valence-electron chi connectivity index (χ4n) is 4.94. The highest BCUT2D eigenvalue weighted by molar-refractivity contribution is 6.30. The lowest BCUT2D eigenvalue weighted by molar-refractivity contribution is -0.143. The molecule has 0 atom stereocenters. The fraction of sp³-hybridized carbons (Fsp3) is 0.394. The predicted molar refractivity (Wildman–Crippen MR) is 162 cm³/mol. The number of aromatic nitrogens is 2. The smallest absolute Gasteiger partial charge is 0.306 e. The number of nitrogens with zero attached hydrogens (tertiary/aromatic N) is 2. The minimum Gasteiger partial charge on any atom is -0.493 e. The van der Waals surface area contributed by atoms with Gasteiger partial charge in [-0.15, -0.1) is 0 Å². The lowest BCUT2D eigenvalue weighted by atomic mass is 10.1. The summed E-state index contributed by atoms with van der Waals surface area (Å²) in [5.74, 6) is 2.91. The summed E-state index contributed by atoms with van der Waals surface area (Å²) in [5.41, 5.74) is 3.86. The molecule has 1 aliphatic heterocycles. The monoisotopic (exact) mass is 592 g/mol. The maximum atomic E-state index is 12.0. The zero-order chi connectivity index (χ0) is 29.3. The van der Waals surface area contributed by atoms with Gasteiger partial charge in [-0.05, 0) is 54.8 Å². The van der Waals surface area contributed by atoms with E-state index in [0.29, 0.717) is 49.2 Å². The Morgan fingerprint density at radius 2 is 1.79 bits per heavy atom. The predicted octanol–water partition coefficient (Wildman–Crippen LogP) is 6.48. The van der Waals surface area contributed by atoms with Gasteiger partial charge >= 0.3 is 5.97 Å². The van der Waals surface area contributed by atoms with E-state index in [1.807, 2.05) is 61.6 Å². The van der Waals surface area contributed by atoms with E-state index in [0.717, 1.165) is 59.8 Å². The normalized spacial score (nSPS) is 13.7. The van der Waals surface area contributed by atoms with Crippen molar-refractivity contribution in [1.29, 1.82) is 0 Å². The molecule has 222 valence electrons. The average Bonchev–Trinajstić information content (AvgIpc) is 3.31. The molecule has 0 unspecified atom stereocenters. The van der Waals surface area contributed by atoms with Gasteiger partial charge in [0.1, 0.15) is 35.8 Å². The van der Waals surface area contributed by atoms with Gasteiger partial charge in [-0.3, -0.25) is 4.79 Å². The molecular formula is C33H37ClN2O6. The van der Waals surface area contributed by atoms with Crippen molar-refractivity contribution in [3.8, 4) is 17.2 Å². The summed E-state index contributed by atoms with van der Waals surface area (Å²) in [5, 5.41) is 0.675. The summed E-state index contributed by atoms with van der Waals surface area (Å²) in [6.07, 6.45) is 3.43. The van der Waals surface area contributed by atoms with E-state index < -0.39 is 0 Å². The number of carbonyl (C=O) groups excluding carboxylic acids is 1. The van der Waals surface area contributed by atoms with Gasteiger partial charge in [0.05, 0.1) is 37.5 Å². The Hall–Kier alpha value is -3.75. The first-order chi connectivity index (χ1) is 20.5. The summed E-state index contributed by atoms with van der Waals surface area (Å²) >= 11 is 6.02. The number of hydrogen-bond acceptors (Lipinski definition) is 7. The molecule has 0 radical (unpaired) electrons. The largest absolute Gasteiger partial charge is 0.493 e. The third kappa shape index (κ3) is 7.95. The van der Waals surface area contributed by atoms with Crippen LogP contribution in [-0.4, -0.2) is 48.1 Å². The van der Waals surface area contributed by atoms with Crippen LogP contribution in [0.4, 0.5) is 0 Å². The van der Waals surface area contributed by atoms with Gasteiger partial charge in [0.15, 0.2) is 0 Å². The first-order valence-corrected chi connectivity index (χ1v) is 14.8. The van der Waals surface area contributed by atoms with Crippen LogP contribution in [-0.2, 0) is 40.8 Å². The molecule has 1 saturated heterocycles. The van der Waals surface area contributed by atoms with Crippen LogP contribution in [0.15, 0.2) is 60.7 Å². The second-order valence-corrected chi connectivity index (χ2v) is 10.7. The molecule has 0 spiro atoms. The number of ether oxygens (including phenoxy) is 5. The van der Waals surface area contributed by atoms with Crippen LogP contribution in [0.3, 0.4) is 0 Å². The molecule has 4 aromatic rings. The molecule has 42 heavy (non-hydrogen) atoms. The minimum absolute atomic E-state index is 0.189. The maximum Gasteiger partial charge on any atom is 0.306 e. The Morgan fingerprint density at radius 1 is 1.00 bits per heavy atom. The van der Waals surface area contributed by atoms with E-state index in [2.05, 4.69) is 10.6 Å². The van der Waals surface area contributed by atoms with E-state index in [-0.39, 0.29) is 18.5 Å². The van der Waals surface area contributed by atoms with Crippen LogP contribution < -0.4 is 14.2 Å². The fourth-order valence-corrected chi connectivity index (χ4v) is 5.07. The summed E-state index contributed by atoms with van der Waals surface area (Å²) in [7, 11) is 2.02. The summed E-state index contributed by atoms with van der Waals surface area (Å²) in [6.45, 7) is 4.47. The summed E-state index contributed by atoms with van der Waals surface area (Å²) in [6, 6.07) is 19.3. The molecule has 0 N–H and O–H groups in total. The number of halogens is 1. The molecule has 0 saturated carbocycles. The lowest BCUT2D eigenvalue weighted by Gasteiger charge is -2.23. The molecular weight excluding hydrogens is 556 g/mol. The summed E-state index contributed by atoms with van der Waals surface area (Å²) in [4.78, 5) is 16.8. The van der Waals surface area contributed by atoms with E-state index in [4.69, 9.17) is 40.3 Å². The van der Waals surface area contributed by atoms with Crippen LogP contribution in [0, 0.1) is 0 Å². The number of esters is 1. The topological polar surface area (TPSA) is 81.0 Å². The van der Waals surface area contributed by atoms with Crippen LogP contribution >= 0.6 is 11.6 Å². The van der Waals surface area contributed by atoms with E-state index in [1.54, 1.807) is 6.92 Å². The van der Waals surface area contributed by atoms with E-state index in [9.17, 15) is 4.79 Å². The highest BCUT2D eigenvalue weighted by Crippen LogP contribution is 2.28. The molecule has 5 rings (SSSR count). The third-order valence-electron chi connectivity index (χ3n) is 7.26. The van der Waals surface area contributed by atoms with Crippen molar-refractivity contribution in [3.05, 3.63) is 82.6 Å². The number of carbonyl (C=O) groups is 1. The minimum atomic E-state index is -0.230. The molecule has 2 heterocycles. The van der Waals surface area contributed by atoms with Gasteiger partial charge in [-0.1, -0.05) is 29.8 Å². The Balaban J connectivity index is 1.23. The van der Waals surface area contributed by atoms with Crippen molar-refractivity contribution >= 4 is 28.6 Å². The molecule has 0 aliphatic carbocycles. The lowest BCUT2D eigenvalue weighted by Crippen LogP contribution is -2.25. The van der Waals surface area contributed by atoms with Gasteiger partial charge in [0.2, 0.25) is 0 Å². The Kier molecular flexibility index (Phi) is 10.2. The Bertz CT molecular complexity index is 1480. The van der Waals surface area contributed by atoms with Crippen LogP contribution in [0.2, 0.25) is 5.02 Å². The first-order valence-electron chi connectivity index (χ1n) is 14.5.